The minimum absolute atomic E-state index is 0.468. The first-order valence-corrected chi connectivity index (χ1v) is 7.04. The molecule has 1 aromatic carbocycles. The largest absolute Gasteiger partial charge is 0.379 e. The van der Waals surface area contributed by atoms with Crippen molar-refractivity contribution < 1.29 is 0 Å². The monoisotopic (exact) mass is 288 g/mol. The number of halogens is 1. The van der Waals surface area contributed by atoms with Gasteiger partial charge in [0.15, 0.2) is 0 Å². The second-order valence-corrected chi connectivity index (χ2v) is 4.86. The molecule has 0 atom stereocenters. The first-order chi connectivity index (χ1) is 9.67. The molecule has 0 amide bonds. The molecule has 0 radical (unpaired) electrons. The van der Waals surface area contributed by atoms with Gasteiger partial charge in [0.2, 0.25) is 0 Å². The van der Waals surface area contributed by atoms with Gasteiger partial charge in [0.25, 0.3) is 0 Å². The van der Waals surface area contributed by atoms with Crippen LogP contribution in [0.15, 0.2) is 24.3 Å². The molecule has 0 bridgehead atoms. The van der Waals surface area contributed by atoms with Crippen LogP contribution in [0.1, 0.15) is 30.8 Å². The third-order valence-electron chi connectivity index (χ3n) is 3.14. The Kier molecular flexibility index (Phi) is 4.65. The number of nitrogens with one attached hydrogen (secondary N) is 1. The van der Waals surface area contributed by atoms with Gasteiger partial charge in [-0.2, -0.15) is 10.4 Å². The molecule has 4 nitrogen and oxygen atoms in total. The van der Waals surface area contributed by atoms with Crippen molar-refractivity contribution in [2.45, 2.75) is 33.4 Å². The summed E-state index contributed by atoms with van der Waals surface area (Å²) in [6.07, 6.45) is 0.933. The minimum atomic E-state index is 0.468. The van der Waals surface area contributed by atoms with E-state index in [-0.39, 0.29) is 0 Å². The molecule has 2 rings (SSSR count). The Labute approximate surface area is 124 Å². The van der Waals surface area contributed by atoms with Crippen molar-refractivity contribution in [2.75, 3.05) is 5.32 Å². The van der Waals surface area contributed by atoms with Gasteiger partial charge in [-0.25, -0.2) is 0 Å². The summed E-state index contributed by atoms with van der Waals surface area (Å²) in [5, 5.41) is 17.1. The molecule has 5 heteroatoms. The number of hydrogen-bond acceptors (Lipinski definition) is 3. The molecule has 1 aromatic heterocycles. The van der Waals surface area contributed by atoms with Crippen LogP contribution in [0.2, 0.25) is 5.02 Å². The normalized spacial score (nSPS) is 10.3. The van der Waals surface area contributed by atoms with Gasteiger partial charge in [0.1, 0.15) is 6.07 Å². The molecule has 0 unspecified atom stereocenters. The summed E-state index contributed by atoms with van der Waals surface area (Å²) >= 11 is 6.02. The van der Waals surface area contributed by atoms with E-state index in [2.05, 4.69) is 36.4 Å². The molecule has 0 saturated heterocycles. The van der Waals surface area contributed by atoms with Crippen LogP contribution < -0.4 is 5.32 Å². The second-order valence-electron chi connectivity index (χ2n) is 4.46. The van der Waals surface area contributed by atoms with Crippen LogP contribution in [0.25, 0.3) is 0 Å². The van der Waals surface area contributed by atoms with Crippen molar-refractivity contribution in [3.05, 3.63) is 46.2 Å². The lowest BCUT2D eigenvalue weighted by atomic mass is 10.2. The maximum absolute atomic E-state index is 8.85. The fourth-order valence-electron chi connectivity index (χ4n) is 2.01. The highest BCUT2D eigenvalue weighted by atomic mass is 35.5. The topological polar surface area (TPSA) is 53.6 Å². The molecule has 104 valence electrons. The first-order valence-electron chi connectivity index (χ1n) is 6.67. The quantitative estimate of drug-likeness (QED) is 0.914. The van der Waals surface area contributed by atoms with Gasteiger partial charge in [-0.1, -0.05) is 18.5 Å². The number of aromatic nitrogens is 2. The number of nitriles is 1. The lowest BCUT2D eigenvalue weighted by Gasteiger charge is -2.08. The van der Waals surface area contributed by atoms with Crippen LogP contribution in [0.5, 0.6) is 0 Å². The maximum atomic E-state index is 8.85. The molecule has 0 aliphatic rings. The van der Waals surface area contributed by atoms with Gasteiger partial charge >= 0.3 is 0 Å². The Morgan fingerprint density at radius 3 is 2.75 bits per heavy atom. The van der Waals surface area contributed by atoms with Gasteiger partial charge in [-0.3, -0.25) is 4.68 Å². The van der Waals surface area contributed by atoms with Crippen LogP contribution in [0.3, 0.4) is 0 Å². The Morgan fingerprint density at radius 2 is 2.15 bits per heavy atom. The average molecular weight is 289 g/mol. The van der Waals surface area contributed by atoms with E-state index in [1.54, 1.807) is 12.1 Å². The van der Waals surface area contributed by atoms with E-state index in [0.29, 0.717) is 17.1 Å². The number of benzene rings is 1. The fraction of sp³-hybridized carbons (Fsp3) is 0.333. The summed E-state index contributed by atoms with van der Waals surface area (Å²) in [5.74, 6) is 0. The fourth-order valence-corrected chi connectivity index (χ4v) is 2.23. The Balaban J connectivity index is 2.10. The summed E-state index contributed by atoms with van der Waals surface area (Å²) in [4.78, 5) is 0. The average Bonchev–Trinajstić information content (AvgIpc) is 2.87. The summed E-state index contributed by atoms with van der Waals surface area (Å²) in [7, 11) is 0. The number of anilines is 1. The predicted octanol–water partition coefficient (Wildman–Crippen LogP) is 3.60. The Bertz CT molecular complexity index is 640. The van der Waals surface area contributed by atoms with Gasteiger partial charge < -0.3 is 5.32 Å². The van der Waals surface area contributed by atoms with E-state index in [0.717, 1.165) is 30.0 Å². The van der Waals surface area contributed by atoms with Crippen molar-refractivity contribution in [1.82, 2.24) is 9.78 Å². The summed E-state index contributed by atoms with van der Waals surface area (Å²) in [6.45, 7) is 5.71. The number of nitrogens with zero attached hydrogens (tertiary/aromatic N) is 3. The van der Waals surface area contributed by atoms with Crippen molar-refractivity contribution >= 4 is 17.3 Å². The second kappa shape index (κ2) is 6.44. The highest BCUT2D eigenvalue weighted by Crippen LogP contribution is 2.20. The molecule has 0 aliphatic heterocycles. The van der Waals surface area contributed by atoms with Crippen LogP contribution in [-0.2, 0) is 19.5 Å². The summed E-state index contributed by atoms with van der Waals surface area (Å²) < 4.78 is 2.00. The van der Waals surface area contributed by atoms with Crippen molar-refractivity contribution in [1.29, 1.82) is 5.26 Å². The first kappa shape index (κ1) is 14.4. The molecular formula is C15H17ClN4. The Morgan fingerprint density at radius 1 is 1.35 bits per heavy atom. The minimum Gasteiger partial charge on any atom is -0.379 e. The van der Waals surface area contributed by atoms with Crippen LogP contribution >= 0.6 is 11.6 Å². The molecular weight excluding hydrogens is 272 g/mol. The third kappa shape index (κ3) is 3.12. The van der Waals surface area contributed by atoms with E-state index in [1.165, 1.54) is 0 Å². The molecule has 2 aromatic rings. The van der Waals surface area contributed by atoms with Gasteiger partial charge in [0, 0.05) is 12.2 Å². The summed E-state index contributed by atoms with van der Waals surface area (Å²) in [6, 6.07) is 9.52. The van der Waals surface area contributed by atoms with Crippen LogP contribution in [0, 0.1) is 11.3 Å². The zero-order chi connectivity index (χ0) is 14.5. The van der Waals surface area contributed by atoms with E-state index < -0.39 is 0 Å². The van der Waals surface area contributed by atoms with E-state index in [1.807, 2.05) is 10.7 Å². The summed E-state index contributed by atoms with van der Waals surface area (Å²) in [5.41, 5.74) is 3.63. The molecule has 0 fully saturated rings. The zero-order valence-electron chi connectivity index (χ0n) is 11.7. The van der Waals surface area contributed by atoms with Crippen LogP contribution in [-0.4, -0.2) is 9.78 Å². The standard InChI is InChI=1S/C15H17ClN4/c1-3-12-7-14(20(4-2)19-12)10-18-13-6-5-11(9-17)15(16)8-13/h5-8,18H,3-4,10H2,1-2H3. The predicted molar refractivity (Wildman–Crippen MR) is 80.8 cm³/mol. The molecule has 1 heterocycles. The van der Waals surface area contributed by atoms with Gasteiger partial charge in [-0.15, -0.1) is 0 Å². The van der Waals surface area contributed by atoms with E-state index in [9.17, 15) is 0 Å². The third-order valence-corrected chi connectivity index (χ3v) is 3.45. The molecule has 1 N–H and O–H groups in total. The Hall–Kier alpha value is -1.99. The van der Waals surface area contributed by atoms with Crippen molar-refractivity contribution in [3.63, 3.8) is 0 Å². The highest BCUT2D eigenvalue weighted by Gasteiger charge is 2.06. The molecule has 20 heavy (non-hydrogen) atoms. The lowest BCUT2D eigenvalue weighted by Crippen LogP contribution is -2.07. The van der Waals surface area contributed by atoms with Gasteiger partial charge in [-0.05, 0) is 37.6 Å². The SMILES string of the molecule is CCc1cc(CNc2ccc(C#N)c(Cl)c2)n(CC)n1. The number of aryl methyl sites for hydroxylation is 2. The van der Waals surface area contributed by atoms with Crippen molar-refractivity contribution in [2.24, 2.45) is 0 Å². The van der Waals surface area contributed by atoms with E-state index in [4.69, 9.17) is 16.9 Å². The molecule has 0 aliphatic carbocycles. The maximum Gasteiger partial charge on any atom is 0.101 e. The number of hydrogen-bond donors (Lipinski definition) is 1. The lowest BCUT2D eigenvalue weighted by molar-refractivity contribution is 0.619. The van der Waals surface area contributed by atoms with Crippen molar-refractivity contribution in [3.8, 4) is 6.07 Å². The van der Waals surface area contributed by atoms with Gasteiger partial charge in [0.05, 0.1) is 28.5 Å². The highest BCUT2D eigenvalue weighted by molar-refractivity contribution is 6.32. The smallest absolute Gasteiger partial charge is 0.101 e. The molecule has 0 spiro atoms. The van der Waals surface area contributed by atoms with E-state index >= 15 is 0 Å². The zero-order valence-corrected chi connectivity index (χ0v) is 12.4. The van der Waals surface area contributed by atoms with Crippen LogP contribution in [0.4, 0.5) is 5.69 Å². The number of rotatable bonds is 5. The molecule has 0 saturated carbocycles.